The van der Waals surface area contributed by atoms with Gasteiger partial charge in [0.1, 0.15) is 5.82 Å². The van der Waals surface area contributed by atoms with Crippen LogP contribution >= 0.6 is 0 Å². The fraction of sp³-hybridized carbons (Fsp3) is 0.533. The number of halogens is 1. The molecule has 0 bridgehead atoms. The molecule has 0 radical (unpaired) electrons. The highest BCUT2D eigenvalue weighted by atomic mass is 19.1. The molecule has 0 aromatic heterocycles. The van der Waals surface area contributed by atoms with Gasteiger partial charge in [-0.05, 0) is 19.4 Å². The van der Waals surface area contributed by atoms with E-state index in [1.165, 1.54) is 6.07 Å². The molecule has 1 aromatic carbocycles. The monoisotopic (exact) mass is 280 g/mol. The number of para-hydroxylation sites is 1. The van der Waals surface area contributed by atoms with Crippen molar-refractivity contribution < 1.29 is 14.3 Å². The molecular formula is C15H21FN2O2. The van der Waals surface area contributed by atoms with Crippen LogP contribution in [0.3, 0.4) is 0 Å². The average Bonchev–Trinajstić information content (AvgIpc) is 2.64. The summed E-state index contributed by atoms with van der Waals surface area (Å²) >= 11 is 0. The second-order valence-electron chi connectivity index (χ2n) is 5.20. The molecule has 1 amide bonds. The van der Waals surface area contributed by atoms with E-state index in [1.807, 2.05) is 4.90 Å². The Morgan fingerprint density at radius 3 is 2.70 bits per heavy atom. The van der Waals surface area contributed by atoms with Crippen molar-refractivity contribution in [1.29, 1.82) is 0 Å². The SMILES string of the molecule is CC(=O)N1CCCN(c2c(F)cccc2C(C)O)CC1. The standard InChI is InChI=1S/C15H21FN2O2/c1-11(19)13-5-3-6-14(16)15(13)18-8-4-7-17(9-10-18)12(2)20/h3,5-6,11,19H,4,7-10H2,1-2H3. The first-order valence-electron chi connectivity index (χ1n) is 6.97. The molecule has 1 atom stereocenters. The highest BCUT2D eigenvalue weighted by Gasteiger charge is 2.22. The van der Waals surface area contributed by atoms with Gasteiger partial charge in [0.15, 0.2) is 0 Å². The van der Waals surface area contributed by atoms with Crippen LogP contribution in [0.4, 0.5) is 10.1 Å². The van der Waals surface area contributed by atoms with Crippen LogP contribution in [0, 0.1) is 5.82 Å². The molecule has 1 aliphatic rings. The Hall–Kier alpha value is -1.62. The molecule has 0 aliphatic carbocycles. The second-order valence-corrected chi connectivity index (χ2v) is 5.20. The van der Waals surface area contributed by atoms with Crippen LogP contribution < -0.4 is 4.90 Å². The summed E-state index contributed by atoms with van der Waals surface area (Å²) in [5.41, 5.74) is 1.06. The molecule has 0 saturated carbocycles. The van der Waals surface area contributed by atoms with E-state index in [-0.39, 0.29) is 11.7 Å². The van der Waals surface area contributed by atoms with Gasteiger partial charge in [-0.2, -0.15) is 0 Å². The molecule has 1 aromatic rings. The first-order chi connectivity index (χ1) is 9.50. The predicted molar refractivity (Wildman–Crippen MR) is 76.1 cm³/mol. The van der Waals surface area contributed by atoms with E-state index < -0.39 is 6.10 Å². The van der Waals surface area contributed by atoms with Crippen LogP contribution in [0.5, 0.6) is 0 Å². The minimum atomic E-state index is -0.715. The average molecular weight is 280 g/mol. The van der Waals surface area contributed by atoms with Crippen molar-refractivity contribution in [3.05, 3.63) is 29.6 Å². The highest BCUT2D eigenvalue weighted by molar-refractivity contribution is 5.73. The van der Waals surface area contributed by atoms with E-state index in [9.17, 15) is 14.3 Å². The summed E-state index contributed by atoms with van der Waals surface area (Å²) in [6.07, 6.45) is 0.0838. The van der Waals surface area contributed by atoms with Crippen LogP contribution in [0.15, 0.2) is 18.2 Å². The van der Waals surface area contributed by atoms with Gasteiger partial charge < -0.3 is 14.9 Å². The maximum atomic E-state index is 14.2. The molecule has 1 unspecified atom stereocenters. The number of amides is 1. The van der Waals surface area contributed by atoms with Gasteiger partial charge in [-0.3, -0.25) is 4.79 Å². The third-order valence-corrected chi connectivity index (χ3v) is 3.73. The van der Waals surface area contributed by atoms with E-state index in [1.54, 1.807) is 30.9 Å². The number of benzene rings is 1. The Morgan fingerprint density at radius 2 is 2.05 bits per heavy atom. The first kappa shape index (κ1) is 14.8. The van der Waals surface area contributed by atoms with E-state index in [0.29, 0.717) is 37.4 Å². The number of nitrogens with zero attached hydrogens (tertiary/aromatic N) is 2. The number of aliphatic hydroxyl groups excluding tert-OH is 1. The van der Waals surface area contributed by atoms with Crippen molar-refractivity contribution in [1.82, 2.24) is 4.90 Å². The minimum Gasteiger partial charge on any atom is -0.389 e. The zero-order chi connectivity index (χ0) is 14.7. The number of carbonyl (C=O) groups excluding carboxylic acids is 1. The molecule has 1 fully saturated rings. The van der Waals surface area contributed by atoms with Crippen LogP contribution in [0.1, 0.15) is 31.9 Å². The number of hydrogen-bond donors (Lipinski definition) is 1. The summed E-state index contributed by atoms with van der Waals surface area (Å²) in [5.74, 6) is -0.268. The molecule has 1 aliphatic heterocycles. The normalized spacial score (nSPS) is 17.8. The highest BCUT2D eigenvalue weighted by Crippen LogP contribution is 2.30. The lowest BCUT2D eigenvalue weighted by atomic mass is 10.1. The van der Waals surface area contributed by atoms with Gasteiger partial charge in [0.25, 0.3) is 0 Å². The number of aliphatic hydroxyl groups is 1. The molecule has 110 valence electrons. The van der Waals surface area contributed by atoms with Gasteiger partial charge >= 0.3 is 0 Å². The Bertz CT molecular complexity index is 491. The molecule has 20 heavy (non-hydrogen) atoms. The van der Waals surface area contributed by atoms with Gasteiger partial charge in [0.05, 0.1) is 11.8 Å². The summed E-state index contributed by atoms with van der Waals surface area (Å²) in [6, 6.07) is 4.77. The topological polar surface area (TPSA) is 43.8 Å². The quantitative estimate of drug-likeness (QED) is 0.900. The number of anilines is 1. The van der Waals surface area contributed by atoms with Gasteiger partial charge in [-0.15, -0.1) is 0 Å². The maximum Gasteiger partial charge on any atom is 0.219 e. The van der Waals surface area contributed by atoms with Crippen molar-refractivity contribution in [2.24, 2.45) is 0 Å². The molecule has 0 spiro atoms. The van der Waals surface area contributed by atoms with Crippen molar-refractivity contribution in [3.8, 4) is 0 Å². The Balaban J connectivity index is 2.25. The second kappa shape index (κ2) is 6.22. The summed E-state index contributed by atoms with van der Waals surface area (Å²) in [7, 11) is 0. The van der Waals surface area contributed by atoms with Crippen LogP contribution in [-0.2, 0) is 4.79 Å². The lowest BCUT2D eigenvalue weighted by Gasteiger charge is -2.27. The molecule has 1 saturated heterocycles. The Labute approximate surface area is 118 Å². The predicted octanol–water partition coefficient (Wildman–Crippen LogP) is 1.94. The molecule has 1 N–H and O–H groups in total. The molecule has 4 nitrogen and oxygen atoms in total. The van der Waals surface area contributed by atoms with Crippen molar-refractivity contribution >= 4 is 11.6 Å². The Morgan fingerprint density at radius 1 is 1.30 bits per heavy atom. The molecule has 1 heterocycles. The zero-order valence-electron chi connectivity index (χ0n) is 12.0. The van der Waals surface area contributed by atoms with Crippen molar-refractivity contribution in [2.45, 2.75) is 26.4 Å². The summed E-state index contributed by atoms with van der Waals surface area (Å²) in [6.45, 7) is 5.75. The molecular weight excluding hydrogens is 259 g/mol. The summed E-state index contributed by atoms with van der Waals surface area (Å²) in [4.78, 5) is 15.1. The van der Waals surface area contributed by atoms with E-state index in [0.717, 1.165) is 6.42 Å². The summed E-state index contributed by atoms with van der Waals surface area (Å²) in [5, 5.41) is 9.81. The van der Waals surface area contributed by atoms with Gasteiger partial charge in [0, 0.05) is 38.7 Å². The van der Waals surface area contributed by atoms with E-state index >= 15 is 0 Å². The fourth-order valence-electron chi connectivity index (χ4n) is 2.66. The van der Waals surface area contributed by atoms with Crippen LogP contribution in [0.2, 0.25) is 0 Å². The number of hydrogen-bond acceptors (Lipinski definition) is 3. The van der Waals surface area contributed by atoms with Crippen molar-refractivity contribution in [3.63, 3.8) is 0 Å². The van der Waals surface area contributed by atoms with Gasteiger partial charge in [0.2, 0.25) is 5.91 Å². The largest absolute Gasteiger partial charge is 0.389 e. The maximum absolute atomic E-state index is 14.2. The minimum absolute atomic E-state index is 0.0520. The smallest absolute Gasteiger partial charge is 0.219 e. The molecule has 5 heteroatoms. The van der Waals surface area contributed by atoms with E-state index in [4.69, 9.17) is 0 Å². The van der Waals surface area contributed by atoms with Gasteiger partial charge in [-0.25, -0.2) is 4.39 Å². The number of rotatable bonds is 2. The Kier molecular flexibility index (Phi) is 4.60. The van der Waals surface area contributed by atoms with Crippen LogP contribution in [0.25, 0.3) is 0 Å². The van der Waals surface area contributed by atoms with Crippen LogP contribution in [-0.4, -0.2) is 42.1 Å². The lowest BCUT2D eigenvalue weighted by molar-refractivity contribution is -0.128. The lowest BCUT2D eigenvalue weighted by Crippen LogP contribution is -2.34. The van der Waals surface area contributed by atoms with Crippen molar-refractivity contribution in [2.75, 3.05) is 31.1 Å². The first-order valence-corrected chi connectivity index (χ1v) is 6.97. The van der Waals surface area contributed by atoms with E-state index in [2.05, 4.69) is 0 Å². The third kappa shape index (κ3) is 3.10. The third-order valence-electron chi connectivity index (χ3n) is 3.73. The molecule has 2 rings (SSSR count). The zero-order valence-corrected chi connectivity index (χ0v) is 12.0. The fourth-order valence-corrected chi connectivity index (χ4v) is 2.66. The van der Waals surface area contributed by atoms with Gasteiger partial charge in [-0.1, -0.05) is 12.1 Å². The summed E-state index contributed by atoms with van der Waals surface area (Å²) < 4.78 is 14.2. The number of carbonyl (C=O) groups is 1.